The zero-order valence-corrected chi connectivity index (χ0v) is 13.0. The van der Waals surface area contributed by atoms with Gasteiger partial charge in [0.25, 0.3) is 0 Å². The molecule has 16 heavy (non-hydrogen) atoms. The third-order valence-electron chi connectivity index (χ3n) is 2.04. The maximum absolute atomic E-state index is 5.23. The first-order valence-corrected chi connectivity index (χ1v) is 5.87. The fourth-order valence-corrected chi connectivity index (χ4v) is 1.19. The van der Waals surface area contributed by atoms with Gasteiger partial charge in [0.05, 0.1) is 6.61 Å². The van der Waals surface area contributed by atoms with Crippen molar-refractivity contribution in [1.29, 1.82) is 0 Å². The van der Waals surface area contributed by atoms with Crippen molar-refractivity contribution in [3.63, 3.8) is 0 Å². The highest BCUT2D eigenvalue weighted by molar-refractivity contribution is 14.0. The van der Waals surface area contributed by atoms with Gasteiger partial charge in [-0.3, -0.25) is 4.99 Å². The Morgan fingerprint density at radius 2 is 1.81 bits per heavy atom. The van der Waals surface area contributed by atoms with Crippen LogP contribution in [0, 0.1) is 0 Å². The Morgan fingerprint density at radius 1 is 1.12 bits per heavy atom. The number of rotatable bonds is 8. The summed E-state index contributed by atoms with van der Waals surface area (Å²) in [7, 11) is 1.79. The van der Waals surface area contributed by atoms with E-state index in [9.17, 15) is 0 Å². The van der Waals surface area contributed by atoms with Crippen LogP contribution in [0.2, 0.25) is 0 Å². The summed E-state index contributed by atoms with van der Waals surface area (Å²) in [6.45, 7) is 7.49. The van der Waals surface area contributed by atoms with Gasteiger partial charge in [-0.25, -0.2) is 0 Å². The molecule has 0 saturated heterocycles. The summed E-state index contributed by atoms with van der Waals surface area (Å²) in [5, 5.41) is 6.46. The maximum Gasteiger partial charge on any atom is 0.191 e. The van der Waals surface area contributed by atoms with Crippen LogP contribution in [-0.2, 0) is 4.74 Å². The van der Waals surface area contributed by atoms with E-state index in [1.54, 1.807) is 7.05 Å². The number of nitrogens with one attached hydrogen (secondary N) is 2. The average Bonchev–Trinajstić information content (AvgIpc) is 2.27. The molecule has 0 fully saturated rings. The predicted octanol–water partition coefficient (Wildman–Crippen LogP) is 2.00. The molecule has 98 valence electrons. The molecule has 0 spiro atoms. The fraction of sp³-hybridized carbons (Fsp3) is 0.909. The molecule has 0 aliphatic rings. The van der Waals surface area contributed by atoms with Crippen molar-refractivity contribution in [2.75, 3.05) is 33.4 Å². The van der Waals surface area contributed by atoms with Gasteiger partial charge in [0.15, 0.2) is 5.96 Å². The van der Waals surface area contributed by atoms with E-state index in [4.69, 9.17) is 4.74 Å². The standard InChI is InChI=1S/C11H25N3O.HI/c1-4-6-7-8-13-11(12-3)14-9-10-15-5-2;/h4-10H2,1-3H3,(H2,12,13,14);1H. The first-order valence-electron chi connectivity index (χ1n) is 5.87. The fourth-order valence-electron chi connectivity index (χ4n) is 1.19. The van der Waals surface area contributed by atoms with Gasteiger partial charge >= 0.3 is 0 Å². The Bertz CT molecular complexity index is 151. The molecule has 0 rings (SSSR count). The van der Waals surface area contributed by atoms with Gasteiger partial charge in [0, 0.05) is 26.7 Å². The Balaban J connectivity index is 0. The summed E-state index contributed by atoms with van der Waals surface area (Å²) in [6.07, 6.45) is 3.71. The number of unbranched alkanes of at least 4 members (excludes halogenated alkanes) is 2. The summed E-state index contributed by atoms with van der Waals surface area (Å²) < 4.78 is 5.23. The highest BCUT2D eigenvalue weighted by Crippen LogP contribution is 1.90. The Morgan fingerprint density at radius 3 is 2.38 bits per heavy atom. The van der Waals surface area contributed by atoms with E-state index >= 15 is 0 Å². The molecule has 4 nitrogen and oxygen atoms in total. The van der Waals surface area contributed by atoms with Gasteiger partial charge in [0.1, 0.15) is 0 Å². The van der Waals surface area contributed by atoms with E-state index in [1.165, 1.54) is 19.3 Å². The second-order valence-corrected chi connectivity index (χ2v) is 3.33. The van der Waals surface area contributed by atoms with Crippen LogP contribution in [-0.4, -0.2) is 39.3 Å². The maximum atomic E-state index is 5.23. The van der Waals surface area contributed by atoms with Crippen LogP contribution in [0.5, 0.6) is 0 Å². The van der Waals surface area contributed by atoms with E-state index < -0.39 is 0 Å². The Hall–Kier alpha value is -0.0400. The topological polar surface area (TPSA) is 45.7 Å². The van der Waals surface area contributed by atoms with Crippen LogP contribution in [0.3, 0.4) is 0 Å². The van der Waals surface area contributed by atoms with Crippen molar-refractivity contribution in [3.8, 4) is 0 Å². The highest BCUT2D eigenvalue weighted by Gasteiger charge is 1.95. The largest absolute Gasteiger partial charge is 0.380 e. The number of hydrogen-bond acceptors (Lipinski definition) is 2. The summed E-state index contributed by atoms with van der Waals surface area (Å²) in [4.78, 5) is 4.12. The predicted molar refractivity (Wildman–Crippen MR) is 80.8 cm³/mol. The molecule has 0 atom stereocenters. The van der Waals surface area contributed by atoms with Crippen LogP contribution < -0.4 is 10.6 Å². The Labute approximate surface area is 117 Å². The van der Waals surface area contributed by atoms with Gasteiger partial charge in [-0.1, -0.05) is 19.8 Å². The van der Waals surface area contributed by atoms with Crippen LogP contribution in [0.15, 0.2) is 4.99 Å². The molecule has 0 bridgehead atoms. The zero-order valence-electron chi connectivity index (χ0n) is 10.7. The van der Waals surface area contributed by atoms with Crippen LogP contribution >= 0.6 is 24.0 Å². The lowest BCUT2D eigenvalue weighted by atomic mass is 10.2. The van der Waals surface area contributed by atoms with Crippen molar-refractivity contribution in [2.45, 2.75) is 33.1 Å². The van der Waals surface area contributed by atoms with Crippen LogP contribution in [0.25, 0.3) is 0 Å². The van der Waals surface area contributed by atoms with Gasteiger partial charge in [-0.2, -0.15) is 0 Å². The minimum atomic E-state index is 0. The lowest BCUT2D eigenvalue weighted by Gasteiger charge is -2.11. The molecular weight excluding hydrogens is 317 g/mol. The molecular formula is C11H26IN3O. The summed E-state index contributed by atoms with van der Waals surface area (Å²) in [5.74, 6) is 0.866. The second-order valence-electron chi connectivity index (χ2n) is 3.33. The smallest absolute Gasteiger partial charge is 0.191 e. The van der Waals surface area contributed by atoms with Gasteiger partial charge < -0.3 is 15.4 Å². The van der Waals surface area contributed by atoms with E-state index in [1.807, 2.05) is 6.92 Å². The summed E-state index contributed by atoms with van der Waals surface area (Å²) in [6, 6.07) is 0. The number of halogens is 1. The van der Waals surface area contributed by atoms with Crippen molar-refractivity contribution >= 4 is 29.9 Å². The Kier molecular flexibility index (Phi) is 17.1. The number of nitrogens with zero attached hydrogens (tertiary/aromatic N) is 1. The molecule has 2 N–H and O–H groups in total. The third-order valence-corrected chi connectivity index (χ3v) is 2.04. The number of guanidine groups is 1. The van der Waals surface area contributed by atoms with Crippen LogP contribution in [0.1, 0.15) is 33.1 Å². The van der Waals surface area contributed by atoms with Gasteiger partial charge in [-0.05, 0) is 13.3 Å². The molecule has 0 aromatic carbocycles. The quantitative estimate of drug-likeness (QED) is 0.307. The van der Waals surface area contributed by atoms with Gasteiger partial charge in [0.2, 0.25) is 0 Å². The van der Waals surface area contributed by atoms with Crippen LogP contribution in [0.4, 0.5) is 0 Å². The van der Waals surface area contributed by atoms with E-state index in [-0.39, 0.29) is 24.0 Å². The zero-order chi connectivity index (χ0) is 11.4. The summed E-state index contributed by atoms with van der Waals surface area (Å²) in [5.41, 5.74) is 0. The molecule has 0 aliphatic heterocycles. The summed E-state index contributed by atoms with van der Waals surface area (Å²) >= 11 is 0. The molecule has 0 aliphatic carbocycles. The van der Waals surface area contributed by atoms with Crippen molar-refractivity contribution in [1.82, 2.24) is 10.6 Å². The van der Waals surface area contributed by atoms with Crippen molar-refractivity contribution in [2.24, 2.45) is 4.99 Å². The van der Waals surface area contributed by atoms with Crippen molar-refractivity contribution < 1.29 is 4.74 Å². The molecule has 5 heteroatoms. The second kappa shape index (κ2) is 15.0. The molecule has 0 heterocycles. The third kappa shape index (κ3) is 12.0. The van der Waals surface area contributed by atoms with Crippen molar-refractivity contribution in [3.05, 3.63) is 0 Å². The number of hydrogen-bond donors (Lipinski definition) is 2. The lowest BCUT2D eigenvalue weighted by molar-refractivity contribution is 0.152. The minimum absolute atomic E-state index is 0. The molecule has 0 unspecified atom stereocenters. The molecule has 0 saturated carbocycles. The van der Waals surface area contributed by atoms with E-state index in [0.717, 1.165) is 32.3 Å². The monoisotopic (exact) mass is 343 g/mol. The SMILES string of the molecule is CCCCCNC(=NC)NCCOCC.I. The van der Waals surface area contributed by atoms with Gasteiger partial charge in [-0.15, -0.1) is 24.0 Å². The number of ether oxygens (including phenoxy) is 1. The molecule has 0 aromatic rings. The number of aliphatic imine (C=N–C) groups is 1. The molecule has 0 amide bonds. The minimum Gasteiger partial charge on any atom is -0.380 e. The lowest BCUT2D eigenvalue weighted by Crippen LogP contribution is -2.39. The molecule has 0 radical (unpaired) electrons. The highest BCUT2D eigenvalue weighted by atomic mass is 127. The first-order chi connectivity index (χ1) is 7.35. The first kappa shape index (κ1) is 18.3. The molecule has 0 aromatic heterocycles. The average molecular weight is 343 g/mol. The van der Waals surface area contributed by atoms with E-state index in [2.05, 4.69) is 22.5 Å². The van der Waals surface area contributed by atoms with E-state index in [0.29, 0.717) is 0 Å². The normalized spacial score (nSPS) is 10.8.